The molecule has 0 aliphatic rings. The second kappa shape index (κ2) is 10.4. The second-order valence-corrected chi connectivity index (χ2v) is 5.51. The van der Waals surface area contributed by atoms with Gasteiger partial charge in [-0.2, -0.15) is 0 Å². The Balaban J connectivity index is 4.28. The van der Waals surface area contributed by atoms with Crippen molar-refractivity contribution < 1.29 is 4.79 Å². The molecule has 0 bridgehead atoms. The molecule has 0 saturated carbocycles. The fourth-order valence-corrected chi connectivity index (χ4v) is 1.93. The minimum absolute atomic E-state index is 0.136. The normalized spacial score (nSPS) is 12.8. The highest BCUT2D eigenvalue weighted by Gasteiger charge is 2.22. The molecule has 0 unspecified atom stereocenters. The van der Waals surface area contributed by atoms with E-state index in [1.54, 1.807) is 0 Å². The van der Waals surface area contributed by atoms with Gasteiger partial charge in [-0.1, -0.05) is 53.4 Å². The molecule has 0 aliphatic heterocycles. The van der Waals surface area contributed by atoms with E-state index in [4.69, 9.17) is 5.73 Å². The van der Waals surface area contributed by atoms with E-state index in [0.29, 0.717) is 0 Å². The topological polar surface area (TPSA) is 46.3 Å². The second-order valence-electron chi connectivity index (χ2n) is 5.51. The first kappa shape index (κ1) is 17.4. The zero-order valence-corrected chi connectivity index (χ0v) is 12.7. The van der Waals surface area contributed by atoms with Crippen molar-refractivity contribution in [1.29, 1.82) is 0 Å². The Kier molecular flexibility index (Phi) is 10.0. The molecule has 1 amide bonds. The summed E-state index contributed by atoms with van der Waals surface area (Å²) in [6, 6.07) is -0.340. The molecule has 0 aromatic heterocycles. The Morgan fingerprint density at radius 3 is 1.78 bits per heavy atom. The number of nitrogens with two attached hydrogens (primary N) is 1. The number of hydrogen-bond acceptors (Lipinski definition) is 2. The van der Waals surface area contributed by atoms with Crippen molar-refractivity contribution in [3.8, 4) is 0 Å². The van der Waals surface area contributed by atoms with Crippen LogP contribution in [0, 0.1) is 5.92 Å². The third-order valence-corrected chi connectivity index (χ3v) is 3.38. The fourth-order valence-electron chi connectivity index (χ4n) is 1.93. The molecule has 2 N–H and O–H groups in total. The van der Waals surface area contributed by atoms with Gasteiger partial charge in [-0.15, -0.1) is 0 Å². The summed E-state index contributed by atoms with van der Waals surface area (Å²) < 4.78 is 0. The molecule has 18 heavy (non-hydrogen) atoms. The highest BCUT2D eigenvalue weighted by molar-refractivity contribution is 5.81. The summed E-state index contributed by atoms with van der Waals surface area (Å²) >= 11 is 0. The lowest BCUT2D eigenvalue weighted by molar-refractivity contribution is -0.133. The monoisotopic (exact) mass is 256 g/mol. The number of unbranched alkanes of at least 4 members (excludes halogenated alkanes) is 4. The molecule has 108 valence electrons. The molecule has 0 rings (SSSR count). The fraction of sp³-hybridized carbons (Fsp3) is 0.933. The van der Waals surface area contributed by atoms with E-state index in [-0.39, 0.29) is 17.9 Å². The van der Waals surface area contributed by atoms with Crippen LogP contribution in [0.5, 0.6) is 0 Å². The van der Waals surface area contributed by atoms with Crippen LogP contribution in [0.4, 0.5) is 0 Å². The standard InChI is InChI=1S/C15H32N2O/c1-5-7-9-11-17(12-10-8-6-2)15(18)14(16)13(3)4/h13-14H,5-12,16H2,1-4H3/t14-/m0/s1. The summed E-state index contributed by atoms with van der Waals surface area (Å²) in [5.74, 6) is 0.356. The first-order valence-corrected chi connectivity index (χ1v) is 7.58. The Labute approximate surface area is 113 Å². The number of rotatable bonds is 10. The molecule has 0 saturated heterocycles. The average Bonchev–Trinajstić information content (AvgIpc) is 2.35. The van der Waals surface area contributed by atoms with Crippen molar-refractivity contribution in [2.75, 3.05) is 13.1 Å². The molecule has 0 fully saturated rings. The van der Waals surface area contributed by atoms with Crippen LogP contribution in [0.1, 0.15) is 66.2 Å². The SMILES string of the molecule is CCCCCN(CCCCC)C(=O)[C@@H](N)C(C)C. The van der Waals surface area contributed by atoms with Crippen molar-refractivity contribution in [3.63, 3.8) is 0 Å². The summed E-state index contributed by atoms with van der Waals surface area (Å²) in [6.45, 7) is 10.1. The van der Waals surface area contributed by atoms with E-state index in [2.05, 4.69) is 13.8 Å². The van der Waals surface area contributed by atoms with Gasteiger partial charge >= 0.3 is 0 Å². The maximum atomic E-state index is 12.3. The van der Waals surface area contributed by atoms with Gasteiger partial charge in [-0.05, 0) is 18.8 Å². The predicted octanol–water partition coefficient (Wildman–Crippen LogP) is 3.18. The van der Waals surface area contributed by atoms with Gasteiger partial charge < -0.3 is 10.6 Å². The minimum atomic E-state index is -0.340. The zero-order chi connectivity index (χ0) is 14.0. The molecular formula is C15H32N2O. The molecule has 1 atom stereocenters. The van der Waals surface area contributed by atoms with Crippen LogP contribution in [0.3, 0.4) is 0 Å². The van der Waals surface area contributed by atoms with E-state index in [9.17, 15) is 4.79 Å². The summed E-state index contributed by atoms with van der Waals surface area (Å²) in [4.78, 5) is 14.3. The molecule has 0 aromatic rings. The van der Waals surface area contributed by atoms with E-state index in [1.807, 2.05) is 18.7 Å². The number of carbonyl (C=O) groups excluding carboxylic acids is 1. The molecule has 3 heteroatoms. The maximum Gasteiger partial charge on any atom is 0.239 e. The quantitative estimate of drug-likeness (QED) is 0.610. The van der Waals surface area contributed by atoms with E-state index < -0.39 is 0 Å². The Morgan fingerprint density at radius 1 is 1.00 bits per heavy atom. The lowest BCUT2D eigenvalue weighted by Gasteiger charge is -2.27. The number of carbonyl (C=O) groups is 1. The van der Waals surface area contributed by atoms with Crippen LogP contribution in [0.2, 0.25) is 0 Å². The van der Waals surface area contributed by atoms with Crippen molar-refractivity contribution in [2.24, 2.45) is 11.7 Å². The van der Waals surface area contributed by atoms with Gasteiger partial charge in [0.2, 0.25) is 5.91 Å². The summed E-state index contributed by atoms with van der Waals surface area (Å²) in [7, 11) is 0. The Hall–Kier alpha value is -0.570. The van der Waals surface area contributed by atoms with Gasteiger partial charge in [0, 0.05) is 13.1 Å². The van der Waals surface area contributed by atoms with Crippen LogP contribution in [-0.4, -0.2) is 29.9 Å². The van der Waals surface area contributed by atoms with E-state index in [0.717, 1.165) is 25.9 Å². The van der Waals surface area contributed by atoms with E-state index >= 15 is 0 Å². The first-order chi connectivity index (χ1) is 8.54. The van der Waals surface area contributed by atoms with Gasteiger partial charge in [0.25, 0.3) is 0 Å². The predicted molar refractivity (Wildman–Crippen MR) is 78.4 cm³/mol. The van der Waals surface area contributed by atoms with Crippen molar-refractivity contribution >= 4 is 5.91 Å². The zero-order valence-electron chi connectivity index (χ0n) is 12.7. The molecule has 0 heterocycles. The highest BCUT2D eigenvalue weighted by atomic mass is 16.2. The third kappa shape index (κ3) is 7.00. The Bertz CT molecular complexity index is 207. The molecule has 0 aliphatic carbocycles. The largest absolute Gasteiger partial charge is 0.341 e. The third-order valence-electron chi connectivity index (χ3n) is 3.38. The molecule has 0 radical (unpaired) electrons. The summed E-state index contributed by atoms with van der Waals surface area (Å²) in [6.07, 6.45) is 6.95. The number of hydrogen-bond donors (Lipinski definition) is 1. The van der Waals surface area contributed by atoms with Gasteiger partial charge in [0.05, 0.1) is 6.04 Å². The lowest BCUT2D eigenvalue weighted by atomic mass is 10.0. The van der Waals surface area contributed by atoms with Gasteiger partial charge in [-0.3, -0.25) is 4.79 Å². The summed E-state index contributed by atoms with van der Waals surface area (Å²) in [5.41, 5.74) is 5.98. The smallest absolute Gasteiger partial charge is 0.239 e. The van der Waals surface area contributed by atoms with Crippen LogP contribution < -0.4 is 5.73 Å². The molecule has 3 nitrogen and oxygen atoms in total. The molecular weight excluding hydrogens is 224 g/mol. The van der Waals surface area contributed by atoms with Crippen molar-refractivity contribution in [1.82, 2.24) is 4.90 Å². The number of amides is 1. The maximum absolute atomic E-state index is 12.3. The van der Waals surface area contributed by atoms with Crippen LogP contribution in [0.25, 0.3) is 0 Å². The Morgan fingerprint density at radius 2 is 1.44 bits per heavy atom. The van der Waals surface area contributed by atoms with Crippen molar-refractivity contribution in [3.05, 3.63) is 0 Å². The van der Waals surface area contributed by atoms with Crippen molar-refractivity contribution in [2.45, 2.75) is 72.3 Å². The average molecular weight is 256 g/mol. The number of nitrogens with zero attached hydrogens (tertiary/aromatic N) is 1. The van der Waals surface area contributed by atoms with Gasteiger partial charge in [0.15, 0.2) is 0 Å². The van der Waals surface area contributed by atoms with E-state index in [1.165, 1.54) is 25.7 Å². The van der Waals surface area contributed by atoms with Crippen LogP contribution in [-0.2, 0) is 4.79 Å². The minimum Gasteiger partial charge on any atom is -0.341 e. The summed E-state index contributed by atoms with van der Waals surface area (Å²) in [5, 5.41) is 0. The van der Waals surface area contributed by atoms with Gasteiger partial charge in [-0.25, -0.2) is 0 Å². The first-order valence-electron chi connectivity index (χ1n) is 7.58. The molecule has 0 aromatic carbocycles. The highest BCUT2D eigenvalue weighted by Crippen LogP contribution is 2.08. The molecule has 0 spiro atoms. The lowest BCUT2D eigenvalue weighted by Crippen LogP contribution is -2.47. The van der Waals surface area contributed by atoms with Crippen LogP contribution in [0.15, 0.2) is 0 Å². The van der Waals surface area contributed by atoms with Gasteiger partial charge in [0.1, 0.15) is 0 Å². The van der Waals surface area contributed by atoms with Crippen LogP contribution >= 0.6 is 0 Å².